The molecule has 4 unspecified atom stereocenters. The van der Waals surface area contributed by atoms with E-state index in [1.165, 1.54) is 25.3 Å². The number of fused-ring (bicyclic) bond motifs is 2. The number of halogens is 1. The molecule has 2 aliphatic heterocycles. The van der Waals surface area contributed by atoms with Crippen LogP contribution in [0.5, 0.6) is 0 Å². The van der Waals surface area contributed by atoms with Gasteiger partial charge in [0.05, 0.1) is 17.0 Å². The molecule has 4 fully saturated rings. The van der Waals surface area contributed by atoms with Crippen molar-refractivity contribution < 1.29 is 19.1 Å². The van der Waals surface area contributed by atoms with Gasteiger partial charge in [0, 0.05) is 43.7 Å². The molecule has 0 spiro atoms. The fourth-order valence-electron chi connectivity index (χ4n) is 7.71. The Bertz CT molecular complexity index is 1030. The van der Waals surface area contributed by atoms with Gasteiger partial charge < -0.3 is 20.2 Å². The first-order valence-corrected chi connectivity index (χ1v) is 12.5. The third kappa shape index (κ3) is 3.38. The van der Waals surface area contributed by atoms with E-state index in [9.17, 15) is 19.1 Å². The number of amides is 1. The van der Waals surface area contributed by atoms with Crippen molar-refractivity contribution in [1.29, 1.82) is 0 Å². The predicted molar refractivity (Wildman–Crippen MR) is 123 cm³/mol. The molecule has 6 nitrogen and oxygen atoms in total. The second-order valence-electron chi connectivity index (χ2n) is 10.8. The monoisotopic (exact) mass is 453 g/mol. The van der Waals surface area contributed by atoms with Crippen molar-refractivity contribution in [3.8, 4) is 0 Å². The summed E-state index contributed by atoms with van der Waals surface area (Å²) < 4.78 is 14.9. The Balaban J connectivity index is 1.48. The molecule has 2 N–H and O–H groups in total. The van der Waals surface area contributed by atoms with Gasteiger partial charge in [-0.25, -0.2) is 9.18 Å². The first-order chi connectivity index (χ1) is 15.9. The molecule has 0 aromatic heterocycles. The lowest BCUT2D eigenvalue weighted by Crippen LogP contribution is -2.53. The molecule has 33 heavy (non-hydrogen) atoms. The number of rotatable bonds is 4. The Labute approximate surface area is 193 Å². The summed E-state index contributed by atoms with van der Waals surface area (Å²) in [5.74, 6) is 0.660. The first-order valence-electron chi connectivity index (χ1n) is 12.5. The van der Waals surface area contributed by atoms with Crippen LogP contribution in [0.15, 0.2) is 23.8 Å². The van der Waals surface area contributed by atoms with E-state index in [-0.39, 0.29) is 30.1 Å². The first kappa shape index (κ1) is 21.1. The summed E-state index contributed by atoms with van der Waals surface area (Å²) in [4.78, 5) is 29.8. The standard InChI is InChI=1S/C26H32FN3O3/c27-21-5-3-17(12-22(21)29-9-7-28-8-10-29)24-20(25(32)33)4-6-23(31)30(24)26-13-16-1-2-18(14-26)19(11-16)15-26/h3,5,12,16,18-19,28H,1-2,4,6-11,13-15H2,(H,32,33). The Morgan fingerprint density at radius 3 is 2.67 bits per heavy atom. The molecule has 1 saturated heterocycles. The number of piperazine rings is 1. The number of hydrogen-bond acceptors (Lipinski definition) is 4. The van der Waals surface area contributed by atoms with E-state index in [0.717, 1.165) is 32.4 Å². The smallest absolute Gasteiger partial charge is 0.333 e. The second-order valence-corrected chi connectivity index (χ2v) is 10.8. The normalized spacial score (nSPS) is 33.7. The Morgan fingerprint density at radius 2 is 1.88 bits per heavy atom. The molecule has 1 aromatic rings. The molecule has 1 aromatic carbocycles. The van der Waals surface area contributed by atoms with Gasteiger partial charge in [-0.3, -0.25) is 4.79 Å². The lowest BCUT2D eigenvalue weighted by molar-refractivity contribution is -0.136. The van der Waals surface area contributed by atoms with Crippen molar-refractivity contribution in [3.05, 3.63) is 35.2 Å². The van der Waals surface area contributed by atoms with Crippen molar-refractivity contribution in [2.45, 2.75) is 56.9 Å². The van der Waals surface area contributed by atoms with Gasteiger partial charge in [-0.2, -0.15) is 0 Å². The molecule has 0 radical (unpaired) electrons. The number of carbonyl (C=O) groups is 2. The second kappa shape index (κ2) is 7.83. The van der Waals surface area contributed by atoms with E-state index in [2.05, 4.69) is 5.32 Å². The highest BCUT2D eigenvalue weighted by atomic mass is 19.1. The summed E-state index contributed by atoms with van der Waals surface area (Å²) >= 11 is 0. The van der Waals surface area contributed by atoms with Crippen molar-refractivity contribution in [3.63, 3.8) is 0 Å². The van der Waals surface area contributed by atoms with E-state index in [1.54, 1.807) is 12.1 Å². The summed E-state index contributed by atoms with van der Waals surface area (Å²) in [7, 11) is 0. The molecule has 176 valence electrons. The molecule has 3 aliphatic carbocycles. The fraction of sp³-hybridized carbons (Fsp3) is 0.615. The van der Waals surface area contributed by atoms with Gasteiger partial charge in [-0.15, -0.1) is 0 Å². The van der Waals surface area contributed by atoms with E-state index in [1.807, 2.05) is 9.80 Å². The molecular formula is C26H32FN3O3. The highest BCUT2D eigenvalue weighted by Gasteiger charge is 2.58. The molecule has 1 amide bonds. The van der Waals surface area contributed by atoms with Crippen molar-refractivity contribution >= 4 is 23.3 Å². The Hall–Kier alpha value is -2.41. The zero-order valence-corrected chi connectivity index (χ0v) is 19.0. The van der Waals surface area contributed by atoms with E-state index in [4.69, 9.17) is 0 Å². The van der Waals surface area contributed by atoms with Crippen molar-refractivity contribution in [2.24, 2.45) is 17.8 Å². The average molecular weight is 454 g/mol. The van der Waals surface area contributed by atoms with Gasteiger partial charge in [0.1, 0.15) is 5.82 Å². The zero-order chi connectivity index (χ0) is 22.7. The van der Waals surface area contributed by atoms with E-state index in [0.29, 0.717) is 53.4 Å². The number of benzene rings is 1. The predicted octanol–water partition coefficient (Wildman–Crippen LogP) is 3.62. The SMILES string of the molecule is O=C(O)C1=C(c2ccc(F)c(N3CCNCC3)c2)N(C23CC4CCC(C2)C(C4)C3)C(=O)CC1. The largest absolute Gasteiger partial charge is 0.478 e. The highest BCUT2D eigenvalue weighted by Crippen LogP contribution is 2.61. The number of aliphatic carboxylic acids is 1. The maximum Gasteiger partial charge on any atom is 0.333 e. The van der Waals surface area contributed by atoms with Gasteiger partial charge in [0.2, 0.25) is 5.91 Å². The molecule has 5 aliphatic rings. The number of nitrogens with zero attached hydrogens (tertiary/aromatic N) is 2. The third-order valence-electron chi connectivity index (χ3n) is 8.96. The quantitative estimate of drug-likeness (QED) is 0.729. The van der Waals surface area contributed by atoms with Crippen molar-refractivity contribution in [2.75, 3.05) is 31.1 Å². The van der Waals surface area contributed by atoms with Crippen LogP contribution in [0.2, 0.25) is 0 Å². The van der Waals surface area contributed by atoms with Gasteiger partial charge in [0.25, 0.3) is 0 Å². The van der Waals surface area contributed by atoms with Gasteiger partial charge in [0.15, 0.2) is 0 Å². The number of hydrogen-bond donors (Lipinski definition) is 2. The molecular weight excluding hydrogens is 421 g/mol. The molecule has 3 bridgehead atoms. The number of anilines is 1. The molecule has 2 heterocycles. The van der Waals surface area contributed by atoms with Gasteiger partial charge in [-0.1, -0.05) is 6.42 Å². The lowest BCUT2D eigenvalue weighted by atomic mass is 9.69. The number of carboxylic acid groups (broad SMARTS) is 1. The summed E-state index contributed by atoms with van der Waals surface area (Å²) in [5.41, 5.74) is 1.69. The minimum absolute atomic E-state index is 0.0324. The summed E-state index contributed by atoms with van der Waals surface area (Å²) in [5, 5.41) is 13.4. The van der Waals surface area contributed by atoms with Crippen LogP contribution in [0.3, 0.4) is 0 Å². The van der Waals surface area contributed by atoms with Crippen LogP contribution in [-0.4, -0.2) is 53.6 Å². The Morgan fingerprint density at radius 1 is 1.09 bits per heavy atom. The van der Waals surface area contributed by atoms with Gasteiger partial charge >= 0.3 is 5.97 Å². The minimum atomic E-state index is -0.972. The maximum absolute atomic E-state index is 14.9. The highest BCUT2D eigenvalue weighted by molar-refractivity contribution is 6.03. The van der Waals surface area contributed by atoms with E-state index < -0.39 is 5.97 Å². The van der Waals surface area contributed by atoms with Crippen LogP contribution in [0, 0.1) is 23.6 Å². The van der Waals surface area contributed by atoms with Crippen molar-refractivity contribution in [1.82, 2.24) is 10.2 Å². The van der Waals surface area contributed by atoms with Crippen LogP contribution in [0.4, 0.5) is 10.1 Å². The number of carbonyl (C=O) groups excluding carboxylic acids is 1. The topological polar surface area (TPSA) is 72.9 Å². The van der Waals surface area contributed by atoms with Crippen LogP contribution >= 0.6 is 0 Å². The molecule has 6 rings (SSSR count). The third-order valence-corrected chi connectivity index (χ3v) is 8.96. The molecule has 3 saturated carbocycles. The van der Waals surface area contributed by atoms with Gasteiger partial charge in [-0.05, 0) is 74.5 Å². The maximum atomic E-state index is 14.9. The fourth-order valence-corrected chi connectivity index (χ4v) is 7.71. The number of carboxylic acids is 1. The van der Waals surface area contributed by atoms with Crippen LogP contribution in [0.25, 0.3) is 5.70 Å². The molecule has 4 atom stereocenters. The van der Waals surface area contributed by atoms with Crippen LogP contribution in [0.1, 0.15) is 56.9 Å². The molecule has 7 heteroatoms. The summed E-state index contributed by atoms with van der Waals surface area (Å²) in [6, 6.07) is 4.90. The Kier molecular flexibility index (Phi) is 5.02. The lowest BCUT2D eigenvalue weighted by Gasteiger charge is -2.49. The summed E-state index contributed by atoms with van der Waals surface area (Å²) in [6.45, 7) is 2.96. The van der Waals surface area contributed by atoms with E-state index >= 15 is 0 Å². The number of nitrogens with one attached hydrogen (secondary N) is 1. The summed E-state index contributed by atoms with van der Waals surface area (Å²) in [6.07, 6.45) is 7.08. The van der Waals surface area contributed by atoms with Crippen LogP contribution < -0.4 is 10.2 Å². The average Bonchev–Trinajstić information content (AvgIpc) is 2.98. The zero-order valence-electron chi connectivity index (χ0n) is 19.0. The minimum Gasteiger partial charge on any atom is -0.478 e. The van der Waals surface area contributed by atoms with Crippen LogP contribution in [-0.2, 0) is 9.59 Å².